The smallest absolute Gasteiger partial charge is 0.0561 e. The third-order valence-corrected chi connectivity index (χ3v) is 9.40. The average Bonchev–Trinajstić information content (AvgIpc) is 3.47. The Hall–Kier alpha value is -4.30. The summed E-state index contributed by atoms with van der Waals surface area (Å²) in [6, 6.07) is 39.1. The van der Waals surface area contributed by atoms with Crippen molar-refractivity contribution in [2.45, 2.75) is 78.6 Å². The average molecular weight is 577 g/mol. The predicted octanol–water partition coefficient (Wildman–Crippen LogP) is 11.8. The SMILES string of the molecule is CC(C)(C)c1ccc(-n2c3ccccc3c3ccc(-n4c5ccc(C(C)(C)C)cc5c5cc(C(C)(C)C)ccc54)cc32)cc1. The van der Waals surface area contributed by atoms with Crippen LogP contribution < -0.4 is 0 Å². The van der Waals surface area contributed by atoms with Gasteiger partial charge in [0.05, 0.1) is 22.1 Å². The monoisotopic (exact) mass is 576 g/mol. The first-order valence-electron chi connectivity index (χ1n) is 16.0. The zero-order valence-electron chi connectivity index (χ0n) is 27.7. The molecule has 2 nitrogen and oxygen atoms in total. The third kappa shape index (κ3) is 4.54. The molecule has 0 radical (unpaired) electrons. The number of hydrogen-bond acceptors (Lipinski definition) is 0. The van der Waals surface area contributed by atoms with Gasteiger partial charge in [0.1, 0.15) is 0 Å². The van der Waals surface area contributed by atoms with Gasteiger partial charge in [0.2, 0.25) is 0 Å². The van der Waals surface area contributed by atoms with Crippen LogP contribution in [0, 0.1) is 0 Å². The van der Waals surface area contributed by atoms with Crippen LogP contribution in [0.3, 0.4) is 0 Å². The summed E-state index contributed by atoms with van der Waals surface area (Å²) in [5.74, 6) is 0. The van der Waals surface area contributed by atoms with Crippen LogP contribution in [0.1, 0.15) is 79.0 Å². The molecule has 0 atom stereocenters. The lowest BCUT2D eigenvalue weighted by Gasteiger charge is -2.19. The van der Waals surface area contributed by atoms with Gasteiger partial charge in [-0.1, -0.05) is 111 Å². The van der Waals surface area contributed by atoms with Gasteiger partial charge < -0.3 is 9.13 Å². The van der Waals surface area contributed by atoms with Crippen LogP contribution in [0.4, 0.5) is 0 Å². The standard InChI is InChI=1S/C42H44N2/c1-40(2,3)27-14-18-30(19-15-27)43-36-13-11-10-12-32(36)33-21-20-31(26-39(33)43)44-37-22-16-28(41(4,5)6)24-34(37)35-25-29(42(7,8)9)17-23-38(35)44/h10-26H,1-9H3. The molecular formula is C42H44N2. The van der Waals surface area contributed by atoms with Gasteiger partial charge in [-0.25, -0.2) is 0 Å². The highest BCUT2D eigenvalue weighted by Crippen LogP contribution is 2.39. The number of benzene rings is 5. The summed E-state index contributed by atoms with van der Waals surface area (Å²) in [4.78, 5) is 0. The van der Waals surface area contributed by atoms with E-state index in [9.17, 15) is 0 Å². The first-order chi connectivity index (χ1) is 20.7. The maximum absolute atomic E-state index is 2.47. The van der Waals surface area contributed by atoms with Crippen LogP contribution >= 0.6 is 0 Å². The molecule has 5 aromatic carbocycles. The fourth-order valence-corrected chi connectivity index (χ4v) is 6.72. The number of nitrogens with zero attached hydrogens (tertiary/aromatic N) is 2. The first-order valence-corrected chi connectivity index (χ1v) is 16.0. The van der Waals surface area contributed by atoms with Gasteiger partial charge in [-0.05, 0) is 87.5 Å². The van der Waals surface area contributed by atoms with Crippen molar-refractivity contribution in [3.63, 3.8) is 0 Å². The Balaban J connectivity index is 1.53. The molecule has 0 bridgehead atoms. The zero-order chi connectivity index (χ0) is 31.2. The summed E-state index contributed by atoms with van der Waals surface area (Å²) in [5.41, 5.74) is 11.6. The molecule has 0 fully saturated rings. The van der Waals surface area contributed by atoms with Gasteiger partial charge in [-0.15, -0.1) is 0 Å². The molecule has 2 heterocycles. The maximum Gasteiger partial charge on any atom is 0.0561 e. The Morgan fingerprint density at radius 2 is 0.773 bits per heavy atom. The minimum absolute atomic E-state index is 0.0760. The summed E-state index contributed by atoms with van der Waals surface area (Å²) < 4.78 is 4.90. The molecule has 44 heavy (non-hydrogen) atoms. The number of rotatable bonds is 2. The molecule has 0 aliphatic rings. The molecule has 7 aromatic rings. The van der Waals surface area contributed by atoms with Crippen molar-refractivity contribution in [1.82, 2.24) is 9.13 Å². The van der Waals surface area contributed by atoms with Crippen molar-refractivity contribution in [2.24, 2.45) is 0 Å². The summed E-state index contributed by atoms with van der Waals surface area (Å²) >= 11 is 0. The normalized spacial score (nSPS) is 13.1. The number of fused-ring (bicyclic) bond motifs is 6. The lowest BCUT2D eigenvalue weighted by atomic mass is 9.85. The maximum atomic E-state index is 2.47. The Morgan fingerprint density at radius 1 is 0.341 bits per heavy atom. The molecule has 2 heteroatoms. The lowest BCUT2D eigenvalue weighted by Crippen LogP contribution is -2.10. The van der Waals surface area contributed by atoms with E-state index >= 15 is 0 Å². The quantitative estimate of drug-likeness (QED) is 0.194. The lowest BCUT2D eigenvalue weighted by molar-refractivity contribution is 0.590. The van der Waals surface area contributed by atoms with Gasteiger partial charge in [-0.2, -0.15) is 0 Å². The van der Waals surface area contributed by atoms with Crippen molar-refractivity contribution in [1.29, 1.82) is 0 Å². The van der Waals surface area contributed by atoms with Crippen molar-refractivity contribution >= 4 is 43.6 Å². The second kappa shape index (κ2) is 9.60. The predicted molar refractivity (Wildman–Crippen MR) is 191 cm³/mol. The molecule has 2 aromatic heterocycles. The largest absolute Gasteiger partial charge is 0.309 e. The highest BCUT2D eigenvalue weighted by molar-refractivity contribution is 6.12. The molecule has 0 saturated heterocycles. The number of para-hydroxylation sites is 1. The second-order valence-electron chi connectivity index (χ2n) is 15.7. The van der Waals surface area contributed by atoms with Gasteiger partial charge in [0.15, 0.2) is 0 Å². The topological polar surface area (TPSA) is 9.86 Å². The molecule has 0 aliphatic heterocycles. The molecule has 0 aliphatic carbocycles. The van der Waals surface area contributed by atoms with Crippen LogP contribution in [0.5, 0.6) is 0 Å². The highest BCUT2D eigenvalue weighted by Gasteiger charge is 2.22. The minimum Gasteiger partial charge on any atom is -0.309 e. The molecule has 7 rings (SSSR count). The molecule has 0 spiro atoms. The van der Waals surface area contributed by atoms with Gasteiger partial charge >= 0.3 is 0 Å². The Bertz CT molecular complexity index is 2130. The summed E-state index contributed by atoms with van der Waals surface area (Å²) in [6.07, 6.45) is 0. The molecule has 0 saturated carbocycles. The zero-order valence-corrected chi connectivity index (χ0v) is 27.7. The minimum atomic E-state index is 0.0760. The van der Waals surface area contributed by atoms with Crippen LogP contribution in [0.25, 0.3) is 55.0 Å². The Labute approximate surface area is 261 Å². The van der Waals surface area contributed by atoms with Crippen molar-refractivity contribution < 1.29 is 0 Å². The first kappa shape index (κ1) is 28.5. The Morgan fingerprint density at radius 3 is 1.32 bits per heavy atom. The van der Waals surface area contributed by atoms with Crippen LogP contribution in [-0.2, 0) is 16.2 Å². The van der Waals surface area contributed by atoms with Crippen molar-refractivity contribution in [3.05, 3.63) is 120 Å². The van der Waals surface area contributed by atoms with Gasteiger partial charge in [0.25, 0.3) is 0 Å². The van der Waals surface area contributed by atoms with Crippen molar-refractivity contribution in [2.75, 3.05) is 0 Å². The highest BCUT2D eigenvalue weighted by atomic mass is 15.0. The van der Waals surface area contributed by atoms with E-state index in [4.69, 9.17) is 0 Å². The molecule has 0 unspecified atom stereocenters. The van der Waals surface area contributed by atoms with E-state index < -0.39 is 0 Å². The number of aromatic nitrogens is 2. The van der Waals surface area contributed by atoms with E-state index in [1.54, 1.807) is 0 Å². The van der Waals surface area contributed by atoms with Crippen molar-refractivity contribution in [3.8, 4) is 11.4 Å². The van der Waals surface area contributed by atoms with Crippen LogP contribution in [0.2, 0.25) is 0 Å². The fourth-order valence-electron chi connectivity index (χ4n) is 6.72. The van der Waals surface area contributed by atoms with E-state index in [1.165, 1.54) is 71.7 Å². The van der Waals surface area contributed by atoms with E-state index in [0.29, 0.717) is 0 Å². The van der Waals surface area contributed by atoms with Gasteiger partial charge in [0, 0.05) is 32.9 Å². The summed E-state index contributed by atoms with van der Waals surface area (Å²) in [5, 5.41) is 5.18. The summed E-state index contributed by atoms with van der Waals surface area (Å²) in [7, 11) is 0. The van der Waals surface area contributed by atoms with Crippen LogP contribution in [0.15, 0.2) is 103 Å². The number of hydrogen-bond donors (Lipinski definition) is 0. The van der Waals surface area contributed by atoms with E-state index in [-0.39, 0.29) is 16.2 Å². The fraction of sp³-hybridized carbons (Fsp3) is 0.286. The van der Waals surface area contributed by atoms with Crippen LogP contribution in [-0.4, -0.2) is 9.13 Å². The third-order valence-electron chi connectivity index (χ3n) is 9.40. The van der Waals surface area contributed by atoms with E-state index in [0.717, 1.165) is 0 Å². The molecule has 0 N–H and O–H groups in total. The summed E-state index contributed by atoms with van der Waals surface area (Å²) in [6.45, 7) is 20.6. The molecule has 0 amide bonds. The van der Waals surface area contributed by atoms with E-state index in [1.807, 2.05) is 0 Å². The second-order valence-corrected chi connectivity index (χ2v) is 15.7. The van der Waals surface area contributed by atoms with Gasteiger partial charge in [-0.3, -0.25) is 0 Å². The molecule has 222 valence electrons. The Kier molecular flexibility index (Phi) is 6.21. The van der Waals surface area contributed by atoms with E-state index in [2.05, 4.69) is 175 Å². The molecular weight excluding hydrogens is 532 g/mol.